The van der Waals surface area contributed by atoms with Crippen molar-refractivity contribution >= 4 is 28.6 Å². The van der Waals surface area contributed by atoms with Crippen molar-refractivity contribution in [3.63, 3.8) is 0 Å². The van der Waals surface area contributed by atoms with Crippen LogP contribution in [0.3, 0.4) is 0 Å². The van der Waals surface area contributed by atoms with Gasteiger partial charge in [-0.1, -0.05) is 48.5 Å². The van der Waals surface area contributed by atoms with E-state index in [2.05, 4.69) is 32.0 Å². The van der Waals surface area contributed by atoms with E-state index >= 15 is 0 Å². The molecule has 0 saturated carbocycles. The van der Waals surface area contributed by atoms with E-state index in [9.17, 15) is 4.79 Å². The molecule has 5 nitrogen and oxygen atoms in total. The molecule has 0 bridgehead atoms. The molecule has 0 saturated heterocycles. The molecule has 3 heterocycles. The third kappa shape index (κ3) is 2.06. The Balaban J connectivity index is 1.90. The second kappa shape index (κ2) is 5.27. The van der Waals surface area contributed by atoms with E-state index < -0.39 is 0 Å². The van der Waals surface area contributed by atoms with E-state index in [4.69, 9.17) is 0 Å². The third-order valence-corrected chi connectivity index (χ3v) is 4.61. The largest absolute Gasteiger partial charge is 0.318 e. The Labute approximate surface area is 143 Å². The SMILES string of the molecule is O=c1[nH]c2c(c3ccccc13)[C@H](c1ccccc1)N1C=CN=CC1=N2. The number of pyridine rings is 1. The molecule has 0 radical (unpaired) electrons. The highest BCUT2D eigenvalue weighted by molar-refractivity contribution is 6.31. The fraction of sp³-hybridized carbons (Fsp3) is 0.0500. The quantitative estimate of drug-likeness (QED) is 0.744. The van der Waals surface area contributed by atoms with Gasteiger partial charge in [0.05, 0.1) is 12.3 Å². The van der Waals surface area contributed by atoms with Crippen LogP contribution in [0.15, 0.2) is 81.8 Å². The van der Waals surface area contributed by atoms with E-state index in [-0.39, 0.29) is 11.6 Å². The molecule has 2 aromatic carbocycles. The van der Waals surface area contributed by atoms with Crippen molar-refractivity contribution in [2.24, 2.45) is 9.98 Å². The van der Waals surface area contributed by atoms with Gasteiger partial charge in [-0.15, -0.1) is 0 Å². The molecular weight excluding hydrogens is 312 g/mol. The van der Waals surface area contributed by atoms with Crippen LogP contribution in [0.25, 0.3) is 10.8 Å². The number of hydrogen-bond acceptors (Lipinski definition) is 4. The molecule has 2 aliphatic rings. The Bertz CT molecular complexity index is 1130. The first-order valence-electron chi connectivity index (χ1n) is 8.10. The lowest BCUT2D eigenvalue weighted by Gasteiger charge is -2.36. The van der Waals surface area contributed by atoms with Crippen LogP contribution >= 0.6 is 0 Å². The molecular formula is C20H14N4O. The van der Waals surface area contributed by atoms with Gasteiger partial charge in [0.15, 0.2) is 5.84 Å². The van der Waals surface area contributed by atoms with E-state index in [1.54, 1.807) is 12.4 Å². The predicted octanol–water partition coefficient (Wildman–Crippen LogP) is 3.52. The number of nitrogens with one attached hydrogen (secondary N) is 1. The van der Waals surface area contributed by atoms with Crippen LogP contribution in [-0.4, -0.2) is 21.9 Å². The normalized spacial score (nSPS) is 18.0. The molecule has 0 unspecified atom stereocenters. The Morgan fingerprint density at radius 2 is 1.72 bits per heavy atom. The first-order chi connectivity index (χ1) is 12.3. The van der Waals surface area contributed by atoms with Gasteiger partial charge < -0.3 is 9.88 Å². The maximum atomic E-state index is 12.5. The topological polar surface area (TPSA) is 60.8 Å². The van der Waals surface area contributed by atoms with E-state index in [1.165, 1.54) is 0 Å². The number of nitrogens with zero attached hydrogens (tertiary/aromatic N) is 3. The second-order valence-corrected chi connectivity index (χ2v) is 6.03. The Kier molecular flexibility index (Phi) is 2.94. The maximum absolute atomic E-state index is 12.5. The molecule has 0 amide bonds. The van der Waals surface area contributed by atoms with Crippen LogP contribution in [0, 0.1) is 0 Å². The molecule has 2 aliphatic heterocycles. The van der Waals surface area contributed by atoms with Crippen LogP contribution in [0.2, 0.25) is 0 Å². The lowest BCUT2D eigenvalue weighted by molar-refractivity contribution is 0.468. The van der Waals surface area contributed by atoms with E-state index in [0.717, 1.165) is 22.3 Å². The van der Waals surface area contributed by atoms with Crippen LogP contribution in [-0.2, 0) is 0 Å². The summed E-state index contributed by atoms with van der Waals surface area (Å²) in [6, 6.07) is 17.8. The highest BCUT2D eigenvalue weighted by Crippen LogP contribution is 2.41. The number of aliphatic imine (C=N–C) groups is 2. The van der Waals surface area contributed by atoms with Crippen LogP contribution in [0.1, 0.15) is 17.2 Å². The standard InChI is InChI=1S/C20H14N4O/c25-20-15-9-5-4-8-14(15)17-18(13-6-2-1-3-7-13)24-11-10-21-12-16(24)22-19(17)23-20/h1-12,18H,(H,23,25)/t18-/m0/s1. The zero-order chi connectivity index (χ0) is 16.8. The van der Waals surface area contributed by atoms with Gasteiger partial charge in [-0.2, -0.15) is 0 Å². The zero-order valence-corrected chi connectivity index (χ0v) is 13.3. The van der Waals surface area contributed by atoms with Crippen molar-refractivity contribution in [1.82, 2.24) is 9.88 Å². The van der Waals surface area contributed by atoms with Gasteiger partial charge in [0, 0.05) is 23.3 Å². The monoisotopic (exact) mass is 326 g/mol. The summed E-state index contributed by atoms with van der Waals surface area (Å²) in [7, 11) is 0. The number of rotatable bonds is 1. The lowest BCUT2D eigenvalue weighted by atomic mass is 9.92. The maximum Gasteiger partial charge on any atom is 0.257 e. The molecule has 25 heavy (non-hydrogen) atoms. The molecule has 5 rings (SSSR count). The summed E-state index contributed by atoms with van der Waals surface area (Å²) in [6.07, 6.45) is 5.40. The first-order valence-corrected chi connectivity index (χ1v) is 8.10. The average Bonchev–Trinajstić information content (AvgIpc) is 2.67. The van der Waals surface area contributed by atoms with Crippen molar-refractivity contribution in [1.29, 1.82) is 0 Å². The van der Waals surface area contributed by atoms with Gasteiger partial charge in [-0.25, -0.2) is 4.99 Å². The van der Waals surface area contributed by atoms with Crippen LogP contribution in [0.4, 0.5) is 5.82 Å². The fourth-order valence-corrected chi connectivity index (χ4v) is 3.53. The summed E-state index contributed by atoms with van der Waals surface area (Å²) < 4.78 is 0. The average molecular weight is 326 g/mol. The van der Waals surface area contributed by atoms with Gasteiger partial charge in [-0.3, -0.25) is 9.79 Å². The summed E-state index contributed by atoms with van der Waals surface area (Å²) in [5.41, 5.74) is 2.01. The van der Waals surface area contributed by atoms with Gasteiger partial charge in [0.1, 0.15) is 5.82 Å². The molecule has 1 atom stereocenters. The van der Waals surface area contributed by atoms with Crippen LogP contribution in [0.5, 0.6) is 0 Å². The molecule has 0 fully saturated rings. The zero-order valence-electron chi connectivity index (χ0n) is 13.3. The molecule has 5 heteroatoms. The predicted molar refractivity (Wildman–Crippen MR) is 99.4 cm³/mol. The number of hydrogen-bond donors (Lipinski definition) is 1. The van der Waals surface area contributed by atoms with Gasteiger partial charge in [0.25, 0.3) is 5.56 Å². The summed E-state index contributed by atoms with van der Waals surface area (Å²) >= 11 is 0. The minimum absolute atomic E-state index is 0.0755. The minimum Gasteiger partial charge on any atom is -0.318 e. The number of aromatic amines is 1. The van der Waals surface area contributed by atoms with Crippen LogP contribution < -0.4 is 5.56 Å². The number of H-pyrrole nitrogens is 1. The minimum atomic E-state index is -0.123. The number of benzene rings is 2. The molecule has 3 aromatic rings. The Morgan fingerprint density at radius 3 is 2.56 bits per heavy atom. The fourth-order valence-electron chi connectivity index (χ4n) is 3.53. The highest BCUT2D eigenvalue weighted by Gasteiger charge is 2.32. The van der Waals surface area contributed by atoms with Crippen molar-refractivity contribution in [2.75, 3.05) is 0 Å². The van der Waals surface area contributed by atoms with Gasteiger partial charge >= 0.3 is 0 Å². The molecule has 0 spiro atoms. The Morgan fingerprint density at radius 1 is 0.960 bits per heavy atom. The summed E-state index contributed by atoms with van der Waals surface area (Å²) in [6.45, 7) is 0. The van der Waals surface area contributed by atoms with E-state index in [0.29, 0.717) is 11.2 Å². The van der Waals surface area contributed by atoms with Gasteiger partial charge in [-0.05, 0) is 17.0 Å². The molecule has 1 aromatic heterocycles. The van der Waals surface area contributed by atoms with Gasteiger partial charge in [0.2, 0.25) is 0 Å². The first kappa shape index (κ1) is 13.9. The number of fused-ring (bicyclic) bond motifs is 4. The van der Waals surface area contributed by atoms with Crippen molar-refractivity contribution < 1.29 is 0 Å². The molecule has 0 aliphatic carbocycles. The summed E-state index contributed by atoms with van der Waals surface area (Å²) in [4.78, 5) is 26.3. The second-order valence-electron chi connectivity index (χ2n) is 6.03. The molecule has 1 N–H and O–H groups in total. The Hall–Kier alpha value is -3.47. The summed E-state index contributed by atoms with van der Waals surface area (Å²) in [5.74, 6) is 1.32. The van der Waals surface area contributed by atoms with Crippen molar-refractivity contribution in [2.45, 2.75) is 6.04 Å². The number of aromatic nitrogens is 1. The third-order valence-electron chi connectivity index (χ3n) is 4.61. The lowest BCUT2D eigenvalue weighted by Crippen LogP contribution is -2.36. The smallest absolute Gasteiger partial charge is 0.257 e. The summed E-state index contributed by atoms with van der Waals surface area (Å²) in [5, 5.41) is 1.60. The number of amidine groups is 1. The van der Waals surface area contributed by atoms with Crippen molar-refractivity contribution in [3.8, 4) is 0 Å². The highest BCUT2D eigenvalue weighted by atomic mass is 16.1. The molecule has 120 valence electrons. The van der Waals surface area contributed by atoms with E-state index in [1.807, 2.05) is 48.7 Å². The van der Waals surface area contributed by atoms with Crippen molar-refractivity contribution in [3.05, 3.63) is 88.5 Å².